The Bertz CT molecular complexity index is 553. The highest BCUT2D eigenvalue weighted by molar-refractivity contribution is 7.16. The molecule has 0 radical (unpaired) electrons. The summed E-state index contributed by atoms with van der Waals surface area (Å²) in [5.74, 6) is 1.58. The zero-order chi connectivity index (χ0) is 14.5. The topological polar surface area (TPSA) is 53.1 Å². The zero-order valence-corrected chi connectivity index (χ0v) is 13.4. The molecule has 1 unspecified atom stereocenters. The molecule has 0 saturated carbocycles. The monoisotopic (exact) mass is 293 g/mol. The van der Waals surface area contributed by atoms with Crippen molar-refractivity contribution in [1.29, 1.82) is 0 Å². The van der Waals surface area contributed by atoms with Gasteiger partial charge in [-0.1, -0.05) is 6.92 Å². The fraction of sp³-hybridized carbons (Fsp3) is 0.571. The molecule has 2 heterocycles. The molecule has 2 aromatic rings. The van der Waals surface area contributed by atoms with Gasteiger partial charge in [0.1, 0.15) is 10.6 Å². The van der Waals surface area contributed by atoms with Crippen LogP contribution in [0.4, 0.5) is 11.8 Å². The van der Waals surface area contributed by atoms with E-state index in [1.54, 1.807) is 11.3 Å². The molecule has 2 rings (SSSR count). The van der Waals surface area contributed by atoms with Crippen LogP contribution in [0.3, 0.4) is 0 Å². The summed E-state index contributed by atoms with van der Waals surface area (Å²) in [4.78, 5) is 12.3. The van der Waals surface area contributed by atoms with E-state index in [-0.39, 0.29) is 0 Å². The molecular weight excluding hydrogens is 270 g/mol. The summed E-state index contributed by atoms with van der Waals surface area (Å²) in [6.45, 7) is 6.35. The minimum atomic E-state index is 0.608. The fourth-order valence-corrected chi connectivity index (χ4v) is 2.75. The SMILES string of the molecule is CCC(C)N(C)CCNc1nc(NC)nc2sccc12. The third-order valence-corrected chi connectivity index (χ3v) is 4.46. The molecule has 0 bridgehead atoms. The standard InChI is InChI=1S/C14H23N5S/c1-5-10(2)19(4)8-7-16-12-11-6-9-20-13(11)18-14(15-3)17-12/h6,9-10H,5,7-8H2,1-4H3,(H2,15,16,17,18). The number of likely N-dealkylation sites (N-methyl/N-ethyl adjacent to an activating group) is 1. The number of anilines is 2. The number of thiophene rings is 1. The van der Waals surface area contributed by atoms with Crippen molar-refractivity contribution in [3.63, 3.8) is 0 Å². The van der Waals surface area contributed by atoms with E-state index in [0.29, 0.717) is 12.0 Å². The molecule has 0 aliphatic carbocycles. The third kappa shape index (κ3) is 3.37. The van der Waals surface area contributed by atoms with Gasteiger partial charge < -0.3 is 15.5 Å². The first kappa shape index (κ1) is 15.0. The van der Waals surface area contributed by atoms with Crippen LogP contribution in [0.2, 0.25) is 0 Å². The maximum atomic E-state index is 4.51. The van der Waals surface area contributed by atoms with Crippen LogP contribution in [0.1, 0.15) is 20.3 Å². The number of nitrogens with one attached hydrogen (secondary N) is 2. The number of hydrogen-bond acceptors (Lipinski definition) is 6. The first-order chi connectivity index (χ1) is 9.65. The second-order valence-electron chi connectivity index (χ2n) is 4.95. The molecular formula is C14H23N5S. The molecule has 2 N–H and O–H groups in total. The summed E-state index contributed by atoms with van der Waals surface area (Å²) in [5, 5.41) is 9.59. The summed E-state index contributed by atoms with van der Waals surface area (Å²) in [7, 11) is 4.00. The van der Waals surface area contributed by atoms with E-state index in [1.807, 2.05) is 7.05 Å². The van der Waals surface area contributed by atoms with Gasteiger partial charge in [-0.3, -0.25) is 0 Å². The molecule has 6 heteroatoms. The van der Waals surface area contributed by atoms with Gasteiger partial charge in [0.2, 0.25) is 5.95 Å². The summed E-state index contributed by atoms with van der Waals surface area (Å²) in [6, 6.07) is 2.68. The molecule has 0 saturated heterocycles. The lowest BCUT2D eigenvalue weighted by molar-refractivity contribution is 0.261. The Hall–Kier alpha value is -1.40. The predicted molar refractivity (Wildman–Crippen MR) is 87.8 cm³/mol. The Labute approximate surface area is 124 Å². The fourth-order valence-electron chi connectivity index (χ4n) is 1.98. The lowest BCUT2D eigenvalue weighted by Gasteiger charge is -2.23. The Morgan fingerprint density at radius 3 is 2.90 bits per heavy atom. The minimum absolute atomic E-state index is 0.608. The van der Waals surface area contributed by atoms with Crippen LogP contribution < -0.4 is 10.6 Å². The molecule has 0 fully saturated rings. The minimum Gasteiger partial charge on any atom is -0.368 e. The molecule has 2 aromatic heterocycles. The van der Waals surface area contributed by atoms with E-state index in [9.17, 15) is 0 Å². The number of nitrogens with zero attached hydrogens (tertiary/aromatic N) is 3. The van der Waals surface area contributed by atoms with E-state index in [0.717, 1.165) is 29.1 Å². The third-order valence-electron chi connectivity index (χ3n) is 3.65. The molecule has 0 aromatic carbocycles. The summed E-state index contributed by atoms with van der Waals surface area (Å²) in [6.07, 6.45) is 1.17. The first-order valence-electron chi connectivity index (χ1n) is 7.02. The lowest BCUT2D eigenvalue weighted by Crippen LogP contribution is -2.32. The van der Waals surface area contributed by atoms with Crippen molar-refractivity contribution in [2.75, 3.05) is 37.8 Å². The molecule has 110 valence electrons. The molecule has 20 heavy (non-hydrogen) atoms. The summed E-state index contributed by atoms with van der Waals surface area (Å²) < 4.78 is 0. The van der Waals surface area contributed by atoms with Crippen molar-refractivity contribution in [1.82, 2.24) is 14.9 Å². The van der Waals surface area contributed by atoms with Crippen molar-refractivity contribution in [2.45, 2.75) is 26.3 Å². The van der Waals surface area contributed by atoms with Crippen molar-refractivity contribution in [3.05, 3.63) is 11.4 Å². The van der Waals surface area contributed by atoms with Gasteiger partial charge in [-0.25, -0.2) is 4.98 Å². The lowest BCUT2D eigenvalue weighted by atomic mass is 10.2. The van der Waals surface area contributed by atoms with Gasteiger partial charge in [-0.15, -0.1) is 11.3 Å². The maximum absolute atomic E-state index is 4.51. The first-order valence-corrected chi connectivity index (χ1v) is 7.90. The summed E-state index contributed by atoms with van der Waals surface area (Å²) >= 11 is 1.64. The second-order valence-corrected chi connectivity index (χ2v) is 5.84. The smallest absolute Gasteiger partial charge is 0.225 e. The molecule has 5 nitrogen and oxygen atoms in total. The van der Waals surface area contributed by atoms with E-state index >= 15 is 0 Å². The van der Waals surface area contributed by atoms with Gasteiger partial charge in [0, 0.05) is 26.2 Å². The van der Waals surface area contributed by atoms with Crippen LogP contribution in [0, 0.1) is 0 Å². The average Bonchev–Trinajstić information content (AvgIpc) is 2.94. The Kier molecular flexibility index (Phi) is 5.14. The van der Waals surface area contributed by atoms with Crippen molar-refractivity contribution in [2.24, 2.45) is 0 Å². The van der Waals surface area contributed by atoms with Crippen LogP contribution >= 0.6 is 11.3 Å². The number of hydrogen-bond donors (Lipinski definition) is 2. The van der Waals surface area contributed by atoms with Crippen molar-refractivity contribution < 1.29 is 0 Å². The predicted octanol–water partition coefficient (Wildman–Crippen LogP) is 2.88. The van der Waals surface area contributed by atoms with Gasteiger partial charge in [-0.05, 0) is 31.8 Å². The highest BCUT2D eigenvalue weighted by Crippen LogP contribution is 2.26. The van der Waals surface area contributed by atoms with Crippen LogP contribution in [-0.2, 0) is 0 Å². The molecule has 0 aliphatic rings. The zero-order valence-electron chi connectivity index (χ0n) is 12.6. The normalized spacial score (nSPS) is 12.8. The van der Waals surface area contributed by atoms with Gasteiger partial charge in [0.05, 0.1) is 5.39 Å². The van der Waals surface area contributed by atoms with E-state index in [2.05, 4.69) is 57.8 Å². The summed E-state index contributed by atoms with van der Waals surface area (Å²) in [5.41, 5.74) is 0. The molecule has 1 atom stereocenters. The maximum Gasteiger partial charge on any atom is 0.225 e. The van der Waals surface area contributed by atoms with Crippen LogP contribution in [-0.4, -0.2) is 48.1 Å². The molecule has 0 spiro atoms. The second kappa shape index (κ2) is 6.85. The van der Waals surface area contributed by atoms with Crippen molar-refractivity contribution in [3.8, 4) is 0 Å². The van der Waals surface area contributed by atoms with Gasteiger partial charge in [0.15, 0.2) is 0 Å². The average molecular weight is 293 g/mol. The van der Waals surface area contributed by atoms with Gasteiger partial charge >= 0.3 is 0 Å². The number of fused-ring (bicyclic) bond motifs is 1. The highest BCUT2D eigenvalue weighted by atomic mass is 32.1. The Morgan fingerprint density at radius 2 is 2.20 bits per heavy atom. The Morgan fingerprint density at radius 1 is 1.40 bits per heavy atom. The van der Waals surface area contributed by atoms with Gasteiger partial charge in [-0.2, -0.15) is 4.98 Å². The molecule has 0 aliphatic heterocycles. The van der Waals surface area contributed by atoms with E-state index in [4.69, 9.17) is 0 Å². The number of aromatic nitrogens is 2. The van der Waals surface area contributed by atoms with Crippen LogP contribution in [0.5, 0.6) is 0 Å². The van der Waals surface area contributed by atoms with Crippen LogP contribution in [0.25, 0.3) is 10.2 Å². The van der Waals surface area contributed by atoms with E-state index in [1.165, 1.54) is 6.42 Å². The van der Waals surface area contributed by atoms with Gasteiger partial charge in [0.25, 0.3) is 0 Å². The largest absolute Gasteiger partial charge is 0.368 e. The highest BCUT2D eigenvalue weighted by Gasteiger charge is 2.09. The Balaban J connectivity index is 2.04. The van der Waals surface area contributed by atoms with Crippen molar-refractivity contribution >= 4 is 33.3 Å². The number of rotatable bonds is 7. The molecule has 0 amide bonds. The van der Waals surface area contributed by atoms with E-state index < -0.39 is 0 Å². The van der Waals surface area contributed by atoms with Crippen LogP contribution in [0.15, 0.2) is 11.4 Å². The quantitative estimate of drug-likeness (QED) is 0.822.